The van der Waals surface area contributed by atoms with E-state index >= 15 is 0 Å². The molecule has 0 saturated heterocycles. The molecule has 5 heteroatoms. The lowest BCUT2D eigenvalue weighted by atomic mass is 10.0. The lowest BCUT2D eigenvalue weighted by Gasteiger charge is -2.16. The molecule has 1 atom stereocenters. The van der Waals surface area contributed by atoms with Crippen LogP contribution in [0.25, 0.3) is 0 Å². The van der Waals surface area contributed by atoms with Gasteiger partial charge in [0.05, 0.1) is 16.7 Å². The van der Waals surface area contributed by atoms with Crippen molar-refractivity contribution in [3.63, 3.8) is 0 Å². The van der Waals surface area contributed by atoms with Gasteiger partial charge in [0, 0.05) is 5.38 Å². The molecule has 0 aliphatic carbocycles. The minimum atomic E-state index is -0.416. The van der Waals surface area contributed by atoms with Crippen molar-refractivity contribution in [3.8, 4) is 0 Å². The van der Waals surface area contributed by atoms with Gasteiger partial charge in [0.1, 0.15) is 11.6 Å². The van der Waals surface area contributed by atoms with E-state index in [1.165, 1.54) is 12.1 Å². The van der Waals surface area contributed by atoms with E-state index in [1.807, 2.05) is 19.2 Å². The summed E-state index contributed by atoms with van der Waals surface area (Å²) in [6.45, 7) is 4.66. The first-order valence-corrected chi connectivity index (χ1v) is 7.07. The van der Waals surface area contributed by atoms with Crippen LogP contribution in [-0.4, -0.2) is 11.5 Å². The monoisotopic (exact) mass is 282 g/mol. The molecule has 2 rings (SSSR count). The van der Waals surface area contributed by atoms with Gasteiger partial charge < -0.3 is 5.32 Å². The Morgan fingerprint density at radius 3 is 2.79 bits per heavy atom. The van der Waals surface area contributed by atoms with Gasteiger partial charge in [0.15, 0.2) is 0 Å². The maximum atomic E-state index is 13.7. The van der Waals surface area contributed by atoms with Crippen molar-refractivity contribution in [3.05, 3.63) is 51.5 Å². The third-order valence-corrected chi connectivity index (χ3v) is 3.67. The average Bonchev–Trinajstić information content (AvgIpc) is 2.80. The zero-order valence-corrected chi connectivity index (χ0v) is 11.7. The van der Waals surface area contributed by atoms with Crippen LogP contribution in [-0.2, 0) is 6.42 Å². The van der Waals surface area contributed by atoms with Gasteiger partial charge in [0.2, 0.25) is 0 Å². The second-order valence-electron chi connectivity index (χ2n) is 4.34. The van der Waals surface area contributed by atoms with E-state index in [0.29, 0.717) is 12.0 Å². The molecule has 1 heterocycles. The molecule has 102 valence electrons. The summed E-state index contributed by atoms with van der Waals surface area (Å²) in [6, 6.07) is 3.46. The van der Waals surface area contributed by atoms with E-state index in [-0.39, 0.29) is 11.9 Å². The molecule has 0 spiro atoms. The smallest absolute Gasteiger partial charge is 0.126 e. The number of nitrogens with zero attached hydrogens (tertiary/aromatic N) is 1. The summed E-state index contributed by atoms with van der Waals surface area (Å²) in [5.41, 5.74) is 1.25. The first kappa shape index (κ1) is 14.1. The molecule has 19 heavy (non-hydrogen) atoms. The van der Waals surface area contributed by atoms with Crippen LogP contribution in [0.4, 0.5) is 8.78 Å². The fourth-order valence-electron chi connectivity index (χ4n) is 1.99. The molecule has 1 aromatic heterocycles. The minimum absolute atomic E-state index is 0.0914. The fraction of sp³-hybridized carbons (Fsp3) is 0.357. The van der Waals surface area contributed by atoms with Gasteiger partial charge in [-0.05, 0) is 43.7 Å². The van der Waals surface area contributed by atoms with Crippen LogP contribution in [0.5, 0.6) is 0 Å². The summed E-state index contributed by atoms with van der Waals surface area (Å²) >= 11 is 1.56. The molecule has 0 aliphatic heterocycles. The molecule has 2 aromatic rings. The van der Waals surface area contributed by atoms with Crippen molar-refractivity contribution >= 4 is 11.3 Å². The Morgan fingerprint density at radius 2 is 2.16 bits per heavy atom. The number of benzene rings is 1. The summed E-state index contributed by atoms with van der Waals surface area (Å²) in [5.74, 6) is -0.794. The summed E-state index contributed by atoms with van der Waals surface area (Å²) < 4.78 is 26.9. The lowest BCUT2D eigenvalue weighted by Crippen LogP contribution is -2.23. The number of aromatic nitrogens is 1. The van der Waals surface area contributed by atoms with E-state index in [0.717, 1.165) is 23.3 Å². The van der Waals surface area contributed by atoms with Crippen LogP contribution in [0, 0.1) is 18.6 Å². The predicted molar refractivity (Wildman–Crippen MR) is 73.3 cm³/mol. The molecular weight excluding hydrogens is 266 g/mol. The van der Waals surface area contributed by atoms with Gasteiger partial charge >= 0.3 is 0 Å². The maximum absolute atomic E-state index is 13.7. The van der Waals surface area contributed by atoms with Crippen molar-refractivity contribution < 1.29 is 8.78 Å². The first-order chi connectivity index (χ1) is 9.10. The summed E-state index contributed by atoms with van der Waals surface area (Å²) in [7, 11) is 0. The van der Waals surface area contributed by atoms with E-state index in [4.69, 9.17) is 0 Å². The van der Waals surface area contributed by atoms with Crippen molar-refractivity contribution in [2.24, 2.45) is 0 Å². The number of nitrogens with one attached hydrogen (secondary N) is 1. The summed E-state index contributed by atoms with van der Waals surface area (Å²) in [4.78, 5) is 4.42. The molecule has 0 radical (unpaired) electrons. The van der Waals surface area contributed by atoms with Crippen molar-refractivity contribution in [2.75, 3.05) is 6.54 Å². The minimum Gasteiger partial charge on any atom is -0.309 e. The van der Waals surface area contributed by atoms with Crippen LogP contribution in [0.2, 0.25) is 0 Å². The Hall–Kier alpha value is -1.33. The number of thiazole rings is 1. The van der Waals surface area contributed by atoms with E-state index < -0.39 is 5.82 Å². The van der Waals surface area contributed by atoms with Gasteiger partial charge in [-0.1, -0.05) is 6.92 Å². The van der Waals surface area contributed by atoms with Gasteiger partial charge in [-0.15, -0.1) is 11.3 Å². The van der Waals surface area contributed by atoms with Crippen LogP contribution >= 0.6 is 11.3 Å². The van der Waals surface area contributed by atoms with Gasteiger partial charge in [-0.25, -0.2) is 13.8 Å². The van der Waals surface area contributed by atoms with Crippen molar-refractivity contribution in [1.29, 1.82) is 0 Å². The van der Waals surface area contributed by atoms with Gasteiger partial charge in [-0.2, -0.15) is 0 Å². The summed E-state index contributed by atoms with van der Waals surface area (Å²) in [5, 5.41) is 6.19. The largest absolute Gasteiger partial charge is 0.309 e. The molecular formula is C14H16F2N2S. The van der Waals surface area contributed by atoms with Crippen LogP contribution in [0.3, 0.4) is 0 Å². The predicted octanol–water partition coefficient (Wildman–Crippen LogP) is 3.62. The zero-order valence-electron chi connectivity index (χ0n) is 10.9. The highest BCUT2D eigenvalue weighted by atomic mass is 32.1. The first-order valence-electron chi connectivity index (χ1n) is 6.19. The third kappa shape index (κ3) is 3.58. The second kappa shape index (κ2) is 6.21. The van der Waals surface area contributed by atoms with E-state index in [2.05, 4.69) is 10.3 Å². The number of rotatable bonds is 5. The Balaban J connectivity index is 2.23. The Morgan fingerprint density at radius 1 is 1.37 bits per heavy atom. The second-order valence-corrected chi connectivity index (χ2v) is 5.40. The van der Waals surface area contributed by atoms with Crippen molar-refractivity contribution in [2.45, 2.75) is 26.3 Å². The number of hydrogen-bond acceptors (Lipinski definition) is 3. The highest BCUT2D eigenvalue weighted by Crippen LogP contribution is 2.22. The molecule has 1 aromatic carbocycles. The van der Waals surface area contributed by atoms with E-state index in [9.17, 15) is 8.78 Å². The van der Waals surface area contributed by atoms with E-state index in [1.54, 1.807) is 11.3 Å². The van der Waals surface area contributed by atoms with Gasteiger partial charge in [-0.3, -0.25) is 0 Å². The molecule has 0 saturated carbocycles. The topological polar surface area (TPSA) is 24.9 Å². The van der Waals surface area contributed by atoms with Gasteiger partial charge in [0.25, 0.3) is 0 Å². The highest BCUT2D eigenvalue weighted by Gasteiger charge is 2.16. The zero-order chi connectivity index (χ0) is 13.8. The quantitative estimate of drug-likeness (QED) is 0.906. The fourth-order valence-corrected chi connectivity index (χ4v) is 2.65. The lowest BCUT2D eigenvalue weighted by molar-refractivity contribution is 0.514. The molecule has 0 bridgehead atoms. The average molecular weight is 282 g/mol. The number of aryl methyl sites for hydroxylation is 1. The van der Waals surface area contributed by atoms with Crippen LogP contribution in [0.1, 0.15) is 29.2 Å². The number of likely N-dealkylation sites (N-methyl/N-ethyl adjacent to an activating group) is 1. The van der Waals surface area contributed by atoms with Crippen LogP contribution in [0.15, 0.2) is 23.6 Å². The van der Waals surface area contributed by atoms with Crippen LogP contribution < -0.4 is 5.32 Å². The highest BCUT2D eigenvalue weighted by molar-refractivity contribution is 7.09. The Bertz CT molecular complexity index is 554. The molecule has 2 nitrogen and oxygen atoms in total. The normalized spacial score (nSPS) is 12.6. The molecule has 0 fully saturated rings. The Labute approximate surface area is 115 Å². The standard InChI is InChI=1S/C14H16F2N2S/c1-3-17-13(14-8-19-9(2)18-14)7-10-6-11(15)4-5-12(10)16/h4-6,8,13,17H,3,7H2,1-2H3. The number of hydrogen-bond donors (Lipinski definition) is 1. The SMILES string of the molecule is CCNC(Cc1cc(F)ccc1F)c1csc(C)n1. The maximum Gasteiger partial charge on any atom is 0.126 e. The van der Waals surface area contributed by atoms with Crippen molar-refractivity contribution in [1.82, 2.24) is 10.3 Å². The molecule has 0 amide bonds. The molecule has 1 unspecified atom stereocenters. The number of halogens is 2. The third-order valence-electron chi connectivity index (χ3n) is 2.88. The molecule has 1 N–H and O–H groups in total. The molecule has 0 aliphatic rings. The summed E-state index contributed by atoms with van der Waals surface area (Å²) in [6.07, 6.45) is 0.389. The Kier molecular flexibility index (Phi) is 4.61.